The van der Waals surface area contributed by atoms with Crippen LogP contribution >= 0.6 is 0 Å². The van der Waals surface area contributed by atoms with E-state index in [4.69, 9.17) is 0 Å². The van der Waals surface area contributed by atoms with E-state index < -0.39 is 10.1 Å². The third kappa shape index (κ3) is 17.5. The molecule has 1 atom stereocenters. The van der Waals surface area contributed by atoms with Crippen LogP contribution in [0.25, 0.3) is 0 Å². The van der Waals surface area contributed by atoms with Crippen LogP contribution in [-0.2, 0) is 10.1 Å². The van der Waals surface area contributed by atoms with Gasteiger partial charge in [-0.1, -0.05) is 32.6 Å². The van der Waals surface area contributed by atoms with Gasteiger partial charge >= 0.3 is 51.4 Å². The average Bonchev–Trinajstić information content (AvgIpc) is 2.18. The summed E-state index contributed by atoms with van der Waals surface area (Å²) >= 11 is 0. The Hall–Kier alpha value is 1.51. The van der Waals surface area contributed by atoms with Gasteiger partial charge < -0.3 is 9.66 Å². The first-order chi connectivity index (χ1) is 7.45. The van der Waals surface area contributed by atoms with Gasteiger partial charge in [0.25, 0.3) is 0 Å². The molecule has 0 fully saturated rings. The fraction of sp³-hybridized carbons (Fsp3) is 1.00. The van der Waals surface area contributed by atoms with Crippen molar-refractivity contribution >= 4 is 10.1 Å². The van der Waals surface area contributed by atoms with Gasteiger partial charge in [0.05, 0.1) is 16.2 Å². The average molecular weight is 290 g/mol. The molecule has 1 unspecified atom stereocenters. The summed E-state index contributed by atoms with van der Waals surface area (Å²) in [6.07, 6.45) is 6.54. The van der Waals surface area contributed by atoms with Crippen LogP contribution in [0.1, 0.15) is 58.3 Å². The van der Waals surface area contributed by atoms with Crippen LogP contribution in [0.4, 0.5) is 0 Å². The van der Waals surface area contributed by atoms with Crippen LogP contribution < -0.4 is 51.4 Å². The predicted octanol–water partition coefficient (Wildman–Crippen LogP) is -0.963. The molecule has 0 saturated carbocycles. The second kappa shape index (κ2) is 12.5. The molecule has 0 aromatic carbocycles. The van der Waals surface area contributed by atoms with E-state index in [1.54, 1.807) is 0 Å². The third-order valence-corrected chi connectivity index (χ3v) is 3.36. The Labute approximate surface area is 148 Å². The van der Waals surface area contributed by atoms with Gasteiger partial charge in [-0.15, -0.1) is 0 Å². The molecule has 0 rings (SSSR count). The maximum atomic E-state index is 10.3. The SMILES string of the molecule is CCCCCCC(O)CCCCS(=O)(=O)[O-].[K+]. The molecule has 0 radical (unpaired) electrons. The van der Waals surface area contributed by atoms with Crippen LogP contribution in [0, 0.1) is 0 Å². The molecule has 0 amide bonds. The molecule has 0 aliphatic rings. The van der Waals surface area contributed by atoms with Gasteiger partial charge in [-0.25, -0.2) is 8.42 Å². The molecule has 98 valence electrons. The quantitative estimate of drug-likeness (QED) is 0.319. The Bertz CT molecular complexity index is 254. The normalized spacial score (nSPS) is 13.1. The summed E-state index contributed by atoms with van der Waals surface area (Å²) in [5, 5.41) is 9.55. The minimum atomic E-state index is -4.08. The van der Waals surface area contributed by atoms with Gasteiger partial charge in [0.2, 0.25) is 0 Å². The molecule has 0 saturated heterocycles. The maximum absolute atomic E-state index is 10.3. The summed E-state index contributed by atoms with van der Waals surface area (Å²) in [5.41, 5.74) is 0. The fourth-order valence-corrected chi connectivity index (χ4v) is 2.17. The van der Waals surface area contributed by atoms with E-state index in [0.717, 1.165) is 19.3 Å². The Kier molecular flexibility index (Phi) is 15.3. The molecule has 0 aliphatic carbocycles. The van der Waals surface area contributed by atoms with Crippen molar-refractivity contribution in [2.75, 3.05) is 5.75 Å². The number of aliphatic hydroxyl groups excluding tert-OH is 1. The Morgan fingerprint density at radius 1 is 1.06 bits per heavy atom. The molecule has 1 N–H and O–H groups in total. The number of rotatable bonds is 10. The second-order valence-electron chi connectivity index (χ2n) is 4.26. The molecule has 0 aromatic rings. The largest absolute Gasteiger partial charge is 1.00 e. The van der Waals surface area contributed by atoms with Gasteiger partial charge in [-0.3, -0.25) is 0 Å². The zero-order valence-electron chi connectivity index (χ0n) is 11.0. The van der Waals surface area contributed by atoms with Gasteiger partial charge in [-0.05, 0) is 25.7 Å². The Morgan fingerprint density at radius 3 is 2.06 bits per heavy atom. The van der Waals surface area contributed by atoms with E-state index in [0.29, 0.717) is 19.3 Å². The van der Waals surface area contributed by atoms with Crippen LogP contribution in [0.5, 0.6) is 0 Å². The summed E-state index contributed by atoms with van der Waals surface area (Å²) in [6.45, 7) is 2.14. The van der Waals surface area contributed by atoms with Crippen molar-refractivity contribution < 1.29 is 69.5 Å². The molecule has 0 aromatic heterocycles. The van der Waals surface area contributed by atoms with Crippen molar-refractivity contribution in [1.29, 1.82) is 0 Å². The third-order valence-electron chi connectivity index (χ3n) is 2.57. The van der Waals surface area contributed by atoms with E-state index in [1.165, 1.54) is 12.8 Å². The fourth-order valence-electron chi connectivity index (χ4n) is 1.61. The van der Waals surface area contributed by atoms with Crippen molar-refractivity contribution in [3.05, 3.63) is 0 Å². The number of hydrogen-bond donors (Lipinski definition) is 1. The topological polar surface area (TPSA) is 77.4 Å². The summed E-state index contributed by atoms with van der Waals surface area (Å²) in [7, 11) is -4.08. The molecule has 0 heterocycles. The predicted molar refractivity (Wildman–Crippen MR) is 63.2 cm³/mol. The maximum Gasteiger partial charge on any atom is 1.00 e. The van der Waals surface area contributed by atoms with Crippen LogP contribution in [-0.4, -0.2) is 29.9 Å². The van der Waals surface area contributed by atoms with E-state index in [1.807, 2.05) is 0 Å². The van der Waals surface area contributed by atoms with Gasteiger partial charge in [0.1, 0.15) is 0 Å². The van der Waals surface area contributed by atoms with Crippen LogP contribution in [0.15, 0.2) is 0 Å². The smallest absolute Gasteiger partial charge is 0.748 e. The van der Waals surface area contributed by atoms with E-state index in [9.17, 15) is 18.1 Å². The summed E-state index contributed by atoms with van der Waals surface area (Å²) in [5.74, 6) is -0.310. The van der Waals surface area contributed by atoms with Crippen LogP contribution in [0.3, 0.4) is 0 Å². The van der Waals surface area contributed by atoms with Crippen molar-refractivity contribution in [1.82, 2.24) is 0 Å². The molecule has 0 spiro atoms. The summed E-state index contributed by atoms with van der Waals surface area (Å²) in [4.78, 5) is 0. The standard InChI is InChI=1S/C11H24O4S.K/c1-2-3-4-5-8-11(12)9-6-7-10-16(13,14)15;/h11-12H,2-10H2,1H3,(H,13,14,15);/q;+1/p-1. The molecule has 6 heteroatoms. The molecular formula is C11H23KO4S. The molecular weight excluding hydrogens is 267 g/mol. The minimum Gasteiger partial charge on any atom is -0.748 e. The molecule has 0 bridgehead atoms. The van der Waals surface area contributed by atoms with E-state index in [-0.39, 0.29) is 63.2 Å². The zero-order chi connectivity index (χ0) is 12.4. The minimum absolute atomic E-state index is 0. The van der Waals surface area contributed by atoms with Crippen molar-refractivity contribution in [2.45, 2.75) is 64.4 Å². The number of unbranched alkanes of at least 4 members (excludes halogenated alkanes) is 4. The van der Waals surface area contributed by atoms with Gasteiger partial charge in [-0.2, -0.15) is 0 Å². The molecule has 0 aliphatic heterocycles. The number of hydrogen-bond acceptors (Lipinski definition) is 4. The Balaban J connectivity index is 0. The summed E-state index contributed by atoms with van der Waals surface area (Å²) in [6, 6.07) is 0. The van der Waals surface area contributed by atoms with E-state index >= 15 is 0 Å². The van der Waals surface area contributed by atoms with Gasteiger partial charge in [0, 0.05) is 5.75 Å². The zero-order valence-corrected chi connectivity index (χ0v) is 15.0. The molecule has 4 nitrogen and oxygen atoms in total. The van der Waals surface area contributed by atoms with Crippen LogP contribution in [0.2, 0.25) is 0 Å². The molecule has 17 heavy (non-hydrogen) atoms. The first kappa shape index (κ1) is 20.8. The number of aliphatic hydroxyl groups is 1. The Morgan fingerprint density at radius 2 is 1.59 bits per heavy atom. The van der Waals surface area contributed by atoms with E-state index in [2.05, 4.69) is 6.92 Å². The monoisotopic (exact) mass is 290 g/mol. The first-order valence-corrected chi connectivity index (χ1v) is 7.65. The second-order valence-corrected chi connectivity index (χ2v) is 5.78. The van der Waals surface area contributed by atoms with Crippen molar-refractivity contribution in [3.8, 4) is 0 Å². The first-order valence-electron chi connectivity index (χ1n) is 6.07. The van der Waals surface area contributed by atoms with Crippen molar-refractivity contribution in [2.24, 2.45) is 0 Å². The van der Waals surface area contributed by atoms with Gasteiger partial charge in [0.15, 0.2) is 0 Å². The van der Waals surface area contributed by atoms with Crippen molar-refractivity contribution in [3.63, 3.8) is 0 Å². The summed E-state index contributed by atoms with van der Waals surface area (Å²) < 4.78 is 30.9.